The van der Waals surface area contributed by atoms with E-state index in [-0.39, 0.29) is 6.04 Å². The van der Waals surface area contributed by atoms with Gasteiger partial charge in [-0.2, -0.15) is 0 Å². The minimum Gasteiger partial charge on any atom is -0.493 e. The molecule has 1 heterocycles. The van der Waals surface area contributed by atoms with Crippen LogP contribution in [-0.4, -0.2) is 12.6 Å². The Labute approximate surface area is 89.0 Å². The summed E-state index contributed by atoms with van der Waals surface area (Å²) >= 11 is 5.95. The van der Waals surface area contributed by atoms with E-state index in [9.17, 15) is 0 Å². The van der Waals surface area contributed by atoms with Gasteiger partial charge in [-0.15, -0.1) is 0 Å². The minimum atomic E-state index is 0.149. The maximum absolute atomic E-state index is 5.95. The lowest BCUT2D eigenvalue weighted by Crippen LogP contribution is -2.29. The number of hydrogen-bond donors (Lipinski definition) is 1. The molecule has 2 rings (SSSR count). The van der Waals surface area contributed by atoms with Crippen LogP contribution in [-0.2, 0) is 0 Å². The van der Waals surface area contributed by atoms with Crippen molar-refractivity contribution in [2.45, 2.75) is 25.3 Å². The Morgan fingerprint density at radius 1 is 1.57 bits per heavy atom. The van der Waals surface area contributed by atoms with Crippen molar-refractivity contribution in [3.8, 4) is 5.75 Å². The molecule has 0 saturated carbocycles. The average Bonchev–Trinajstić information content (AvgIpc) is 2.16. The molecule has 2 unspecified atom stereocenters. The van der Waals surface area contributed by atoms with E-state index in [1.54, 1.807) is 0 Å². The fourth-order valence-electron chi connectivity index (χ4n) is 1.94. The summed E-state index contributed by atoms with van der Waals surface area (Å²) in [5.41, 5.74) is 7.09. The first-order valence-electron chi connectivity index (χ1n) is 4.86. The molecule has 0 spiro atoms. The van der Waals surface area contributed by atoms with Crippen molar-refractivity contribution in [1.82, 2.24) is 0 Å². The van der Waals surface area contributed by atoms with Crippen LogP contribution < -0.4 is 10.5 Å². The lowest BCUT2D eigenvalue weighted by atomic mass is 9.88. The molecule has 0 aliphatic carbocycles. The third-order valence-electron chi connectivity index (χ3n) is 2.69. The van der Waals surface area contributed by atoms with E-state index in [0.717, 1.165) is 29.4 Å². The van der Waals surface area contributed by atoms with Crippen LogP contribution in [0.4, 0.5) is 0 Å². The van der Waals surface area contributed by atoms with Gasteiger partial charge in [0.1, 0.15) is 5.75 Å². The van der Waals surface area contributed by atoms with E-state index in [1.165, 1.54) is 0 Å². The zero-order valence-electron chi connectivity index (χ0n) is 8.16. The molecule has 2 nitrogen and oxygen atoms in total. The van der Waals surface area contributed by atoms with E-state index in [0.29, 0.717) is 5.92 Å². The highest BCUT2D eigenvalue weighted by Gasteiger charge is 2.24. The molecule has 0 aromatic heterocycles. The number of halogens is 1. The summed E-state index contributed by atoms with van der Waals surface area (Å²) in [5.74, 6) is 1.31. The van der Waals surface area contributed by atoms with Gasteiger partial charge in [-0.05, 0) is 31.5 Å². The largest absolute Gasteiger partial charge is 0.493 e. The number of hydrogen-bond acceptors (Lipinski definition) is 2. The topological polar surface area (TPSA) is 35.2 Å². The molecule has 14 heavy (non-hydrogen) atoms. The van der Waals surface area contributed by atoms with E-state index >= 15 is 0 Å². The molecule has 1 aromatic rings. The smallest absolute Gasteiger partial charge is 0.122 e. The molecule has 3 heteroatoms. The van der Waals surface area contributed by atoms with Crippen LogP contribution in [0, 0.1) is 0 Å². The number of fused-ring (bicyclic) bond motifs is 1. The summed E-state index contributed by atoms with van der Waals surface area (Å²) in [6.45, 7) is 2.78. The highest BCUT2D eigenvalue weighted by Crippen LogP contribution is 2.36. The third-order valence-corrected chi connectivity index (χ3v) is 2.93. The Morgan fingerprint density at radius 2 is 2.36 bits per heavy atom. The number of benzene rings is 1. The first kappa shape index (κ1) is 9.81. The standard InChI is InChI=1S/C11H14ClNO/c1-7(13)9-4-5-14-11-3-2-8(12)6-10(9)11/h2-3,6-7,9H,4-5,13H2,1H3. The Kier molecular flexibility index (Phi) is 2.66. The molecule has 76 valence electrons. The fourth-order valence-corrected chi connectivity index (χ4v) is 2.12. The lowest BCUT2D eigenvalue weighted by molar-refractivity contribution is 0.258. The Bertz CT molecular complexity index is 338. The van der Waals surface area contributed by atoms with Crippen molar-refractivity contribution in [1.29, 1.82) is 0 Å². The third kappa shape index (κ3) is 1.72. The fraction of sp³-hybridized carbons (Fsp3) is 0.455. The van der Waals surface area contributed by atoms with Crippen molar-refractivity contribution in [2.24, 2.45) is 5.73 Å². The van der Waals surface area contributed by atoms with Gasteiger partial charge in [-0.3, -0.25) is 0 Å². The predicted octanol–water partition coefficient (Wildman–Crippen LogP) is 2.55. The predicted molar refractivity (Wildman–Crippen MR) is 58.0 cm³/mol. The molecule has 0 bridgehead atoms. The van der Waals surface area contributed by atoms with Crippen molar-refractivity contribution in [2.75, 3.05) is 6.61 Å². The van der Waals surface area contributed by atoms with Crippen molar-refractivity contribution in [3.05, 3.63) is 28.8 Å². The van der Waals surface area contributed by atoms with Gasteiger partial charge < -0.3 is 10.5 Å². The first-order chi connectivity index (χ1) is 6.68. The van der Waals surface area contributed by atoms with Gasteiger partial charge in [0, 0.05) is 22.5 Å². The molecule has 0 amide bonds. The highest BCUT2D eigenvalue weighted by atomic mass is 35.5. The molecule has 1 aliphatic rings. The van der Waals surface area contributed by atoms with Gasteiger partial charge >= 0.3 is 0 Å². The van der Waals surface area contributed by atoms with Crippen molar-refractivity contribution < 1.29 is 4.74 Å². The second kappa shape index (κ2) is 3.79. The van der Waals surface area contributed by atoms with Crippen LogP contribution in [0.15, 0.2) is 18.2 Å². The summed E-state index contributed by atoms with van der Waals surface area (Å²) in [4.78, 5) is 0. The molecule has 2 atom stereocenters. The normalized spacial score (nSPS) is 22.4. The van der Waals surface area contributed by atoms with E-state index in [2.05, 4.69) is 0 Å². The molecular formula is C11H14ClNO. The number of ether oxygens (including phenoxy) is 1. The Hall–Kier alpha value is -0.730. The maximum atomic E-state index is 5.95. The van der Waals surface area contributed by atoms with Gasteiger partial charge in [0.15, 0.2) is 0 Å². The number of rotatable bonds is 1. The van der Waals surface area contributed by atoms with Crippen LogP contribution in [0.1, 0.15) is 24.8 Å². The average molecular weight is 212 g/mol. The van der Waals surface area contributed by atoms with Gasteiger partial charge in [-0.1, -0.05) is 11.6 Å². The highest BCUT2D eigenvalue weighted by molar-refractivity contribution is 6.30. The van der Waals surface area contributed by atoms with Crippen LogP contribution in [0.5, 0.6) is 5.75 Å². The van der Waals surface area contributed by atoms with Crippen LogP contribution >= 0.6 is 11.6 Å². The zero-order chi connectivity index (χ0) is 10.1. The van der Waals surface area contributed by atoms with E-state index in [4.69, 9.17) is 22.1 Å². The van der Waals surface area contributed by atoms with Crippen molar-refractivity contribution >= 4 is 11.6 Å². The molecule has 0 fully saturated rings. The van der Waals surface area contributed by atoms with E-state index in [1.807, 2.05) is 25.1 Å². The molecule has 0 saturated heterocycles. The van der Waals surface area contributed by atoms with E-state index < -0.39 is 0 Å². The molecular weight excluding hydrogens is 198 g/mol. The Morgan fingerprint density at radius 3 is 3.07 bits per heavy atom. The minimum absolute atomic E-state index is 0.149. The second-order valence-corrected chi connectivity index (χ2v) is 4.22. The maximum Gasteiger partial charge on any atom is 0.122 e. The summed E-state index contributed by atoms with van der Waals surface area (Å²) in [6.07, 6.45) is 0.977. The van der Waals surface area contributed by atoms with Crippen LogP contribution in [0.25, 0.3) is 0 Å². The molecule has 1 aromatic carbocycles. The quantitative estimate of drug-likeness (QED) is 0.775. The number of nitrogens with two attached hydrogens (primary N) is 1. The summed E-state index contributed by atoms with van der Waals surface area (Å²) in [6, 6.07) is 5.89. The summed E-state index contributed by atoms with van der Waals surface area (Å²) in [7, 11) is 0. The molecule has 1 aliphatic heterocycles. The monoisotopic (exact) mass is 211 g/mol. The van der Waals surface area contributed by atoms with Gasteiger partial charge in [0.25, 0.3) is 0 Å². The summed E-state index contributed by atoms with van der Waals surface area (Å²) < 4.78 is 5.54. The SMILES string of the molecule is CC(N)C1CCOc2ccc(Cl)cc21. The summed E-state index contributed by atoms with van der Waals surface area (Å²) in [5, 5.41) is 0.750. The van der Waals surface area contributed by atoms with Gasteiger partial charge in [0.05, 0.1) is 6.61 Å². The van der Waals surface area contributed by atoms with Gasteiger partial charge in [0.2, 0.25) is 0 Å². The first-order valence-corrected chi connectivity index (χ1v) is 5.24. The van der Waals surface area contributed by atoms with Crippen LogP contribution in [0.3, 0.4) is 0 Å². The Balaban J connectivity index is 2.41. The van der Waals surface area contributed by atoms with Gasteiger partial charge in [-0.25, -0.2) is 0 Å². The zero-order valence-corrected chi connectivity index (χ0v) is 8.92. The van der Waals surface area contributed by atoms with Crippen LogP contribution in [0.2, 0.25) is 5.02 Å². The van der Waals surface area contributed by atoms with Crippen molar-refractivity contribution in [3.63, 3.8) is 0 Å². The molecule has 0 radical (unpaired) electrons. The molecule has 2 N–H and O–H groups in total. The second-order valence-electron chi connectivity index (χ2n) is 3.78. The lowest BCUT2D eigenvalue weighted by Gasteiger charge is -2.28.